The zero-order valence-electron chi connectivity index (χ0n) is 23.8. The van der Waals surface area contributed by atoms with Crippen molar-refractivity contribution in [1.29, 1.82) is 0 Å². The van der Waals surface area contributed by atoms with Crippen LogP contribution in [-0.4, -0.2) is 40.4 Å². The average Bonchev–Trinajstić information content (AvgIpc) is 3.49. The van der Waals surface area contributed by atoms with Gasteiger partial charge in [0.25, 0.3) is 0 Å². The summed E-state index contributed by atoms with van der Waals surface area (Å²) in [5, 5.41) is 0.109. The number of carbonyl (C=O) groups excluding carboxylic acids is 1. The number of nitrogens with zero attached hydrogens (tertiary/aromatic N) is 2. The fraction of sp³-hybridized carbons (Fsp3) is 0.467. The minimum Gasteiger partial charge on any atom is -0.367 e. The molecule has 3 N–H and O–H groups in total. The van der Waals surface area contributed by atoms with Crippen LogP contribution in [0.4, 0.5) is 0 Å². The molecule has 1 aromatic heterocycles. The van der Waals surface area contributed by atoms with Gasteiger partial charge in [0.2, 0.25) is 5.91 Å². The number of rotatable bonds is 10. The molecule has 9 heteroatoms. The summed E-state index contributed by atoms with van der Waals surface area (Å²) in [5.41, 5.74) is 10.7. The van der Waals surface area contributed by atoms with E-state index in [0.29, 0.717) is 19.4 Å². The largest absolute Gasteiger partial charge is 0.367 e. The summed E-state index contributed by atoms with van der Waals surface area (Å²) in [6, 6.07) is 17.4. The molecule has 6 nitrogen and oxygen atoms in total. The molecule has 4 rings (SSSR count). The third-order valence-electron chi connectivity index (χ3n) is 6.78. The quantitative estimate of drug-likeness (QED) is 0.179. The van der Waals surface area contributed by atoms with Crippen LogP contribution in [-0.2, 0) is 16.0 Å². The van der Waals surface area contributed by atoms with Gasteiger partial charge in [-0.15, -0.1) is 0 Å². The Morgan fingerprint density at radius 2 is 1.92 bits per heavy atom. The van der Waals surface area contributed by atoms with Gasteiger partial charge in [-0.05, 0) is 67.9 Å². The van der Waals surface area contributed by atoms with Crippen LogP contribution in [0.5, 0.6) is 0 Å². The lowest BCUT2D eigenvalue weighted by atomic mass is 10.0. The van der Waals surface area contributed by atoms with Crippen molar-refractivity contribution >= 4 is 41.9 Å². The maximum Gasteiger partial charge on any atom is 0.234 e. The van der Waals surface area contributed by atoms with Gasteiger partial charge in [-0.2, -0.15) is 0 Å². The van der Waals surface area contributed by atoms with Crippen molar-refractivity contribution in [2.75, 3.05) is 6.61 Å². The van der Waals surface area contributed by atoms with E-state index >= 15 is 0 Å². The first-order valence-corrected chi connectivity index (χ1v) is 18.9. The van der Waals surface area contributed by atoms with E-state index in [1.165, 1.54) is 0 Å². The molecule has 3 aromatic rings. The molecule has 2 unspecified atom stereocenters. The Bertz CT molecular complexity index is 1270. The molecule has 1 amide bonds. The zero-order chi connectivity index (χ0) is 28.4. The predicted molar refractivity (Wildman–Crippen MR) is 167 cm³/mol. The Morgan fingerprint density at radius 1 is 1.21 bits per heavy atom. The van der Waals surface area contributed by atoms with E-state index in [9.17, 15) is 4.79 Å². The van der Waals surface area contributed by atoms with Gasteiger partial charge in [-0.1, -0.05) is 78.0 Å². The molecule has 1 aliphatic rings. The SMILES string of the molecule is CC(C)(C)N1SC(c2ccc(C[C@H](N)c3ncc(C(OCC[Si](C)(C)C)c4ccccc4)[nH]3)cc2Br)CC1=O. The molecular weight excluding hydrogens is 588 g/mol. The van der Waals surface area contributed by atoms with Crippen LogP contribution >= 0.6 is 27.9 Å². The molecule has 0 radical (unpaired) electrons. The summed E-state index contributed by atoms with van der Waals surface area (Å²) in [4.78, 5) is 20.7. The van der Waals surface area contributed by atoms with Crippen LogP contribution in [0.3, 0.4) is 0 Å². The molecule has 1 aliphatic heterocycles. The number of hydrogen-bond acceptors (Lipinski definition) is 5. The number of aromatic amines is 1. The first-order chi connectivity index (χ1) is 18.3. The Labute approximate surface area is 246 Å². The smallest absolute Gasteiger partial charge is 0.234 e. The number of aromatic nitrogens is 2. The van der Waals surface area contributed by atoms with Crippen molar-refractivity contribution < 1.29 is 9.53 Å². The maximum absolute atomic E-state index is 12.6. The Hall–Kier alpha value is -1.91. The summed E-state index contributed by atoms with van der Waals surface area (Å²) in [6.07, 6.45) is 2.81. The fourth-order valence-electron chi connectivity index (χ4n) is 4.62. The lowest BCUT2D eigenvalue weighted by molar-refractivity contribution is -0.127. The monoisotopic (exact) mass is 628 g/mol. The highest BCUT2D eigenvalue weighted by atomic mass is 79.9. The first kappa shape index (κ1) is 30.1. The summed E-state index contributed by atoms with van der Waals surface area (Å²) in [7, 11) is -1.21. The lowest BCUT2D eigenvalue weighted by Crippen LogP contribution is -2.37. The molecule has 2 heterocycles. The van der Waals surface area contributed by atoms with Crippen LogP contribution in [0.15, 0.2) is 59.2 Å². The van der Waals surface area contributed by atoms with E-state index in [-0.39, 0.29) is 28.8 Å². The second kappa shape index (κ2) is 12.3. The molecule has 0 spiro atoms. The summed E-state index contributed by atoms with van der Waals surface area (Å²) in [6.45, 7) is 14.0. The number of halogens is 1. The summed E-state index contributed by atoms with van der Waals surface area (Å²) in [5.74, 6) is 0.931. The van der Waals surface area contributed by atoms with Crippen LogP contribution in [0.2, 0.25) is 25.7 Å². The zero-order valence-corrected chi connectivity index (χ0v) is 27.2. The van der Waals surface area contributed by atoms with E-state index in [4.69, 9.17) is 10.5 Å². The second-order valence-electron chi connectivity index (χ2n) is 12.5. The third-order valence-corrected chi connectivity index (χ3v) is 10.8. The van der Waals surface area contributed by atoms with E-state index in [1.807, 2.05) is 28.7 Å². The van der Waals surface area contributed by atoms with Crippen molar-refractivity contribution in [3.63, 3.8) is 0 Å². The van der Waals surface area contributed by atoms with Gasteiger partial charge in [-0.25, -0.2) is 4.98 Å². The van der Waals surface area contributed by atoms with Gasteiger partial charge < -0.3 is 15.5 Å². The number of ether oxygens (including phenoxy) is 1. The second-order valence-corrected chi connectivity index (χ2v) is 20.1. The van der Waals surface area contributed by atoms with Crippen molar-refractivity contribution in [1.82, 2.24) is 14.3 Å². The van der Waals surface area contributed by atoms with Crippen molar-refractivity contribution in [3.05, 3.63) is 87.4 Å². The maximum atomic E-state index is 12.6. The van der Waals surface area contributed by atoms with E-state index in [0.717, 1.165) is 38.7 Å². The topological polar surface area (TPSA) is 84.2 Å². The first-order valence-electron chi connectivity index (χ1n) is 13.6. The van der Waals surface area contributed by atoms with Crippen molar-refractivity contribution in [3.8, 4) is 0 Å². The predicted octanol–water partition coefficient (Wildman–Crippen LogP) is 7.58. The fourth-order valence-corrected chi connectivity index (χ4v) is 7.51. The summed E-state index contributed by atoms with van der Waals surface area (Å²) >= 11 is 5.38. The molecular formula is C30H41BrN4O2SSi. The number of imidazole rings is 1. The molecule has 0 saturated carbocycles. The summed E-state index contributed by atoms with van der Waals surface area (Å²) < 4.78 is 9.31. The molecule has 1 fully saturated rings. The highest BCUT2D eigenvalue weighted by molar-refractivity contribution is 9.10. The van der Waals surface area contributed by atoms with Gasteiger partial charge in [-0.3, -0.25) is 9.10 Å². The number of nitrogens with two attached hydrogens (primary N) is 1. The highest BCUT2D eigenvalue weighted by Gasteiger charge is 2.38. The van der Waals surface area contributed by atoms with E-state index in [1.54, 1.807) is 11.9 Å². The van der Waals surface area contributed by atoms with Crippen LogP contribution < -0.4 is 5.73 Å². The number of hydrogen-bond donors (Lipinski definition) is 2. The standard InChI is InChI=1S/C30H41BrN4O2SSi/c1-30(2,3)35-27(36)18-26(38-35)22-13-12-20(16-23(22)31)17-24(32)29-33-19-25(34-29)28(21-10-8-7-9-11-21)37-14-15-39(4,5)6/h7-13,16,19,24,26,28H,14-15,17-18,32H2,1-6H3,(H,33,34)/t24-,26?,28?/m0/s1. The number of benzene rings is 2. The van der Waals surface area contributed by atoms with Gasteiger partial charge in [0, 0.05) is 31.1 Å². The van der Waals surface area contributed by atoms with Crippen LogP contribution in [0.25, 0.3) is 0 Å². The van der Waals surface area contributed by atoms with Crippen molar-refractivity contribution in [2.24, 2.45) is 5.73 Å². The number of nitrogens with one attached hydrogen (secondary N) is 1. The Balaban J connectivity index is 1.45. The lowest BCUT2D eigenvalue weighted by Gasteiger charge is -2.30. The minimum atomic E-state index is -1.21. The average molecular weight is 630 g/mol. The van der Waals surface area contributed by atoms with Gasteiger partial charge in [0.15, 0.2) is 0 Å². The molecule has 0 aliphatic carbocycles. The Morgan fingerprint density at radius 3 is 2.54 bits per heavy atom. The minimum absolute atomic E-state index is 0.109. The van der Waals surface area contributed by atoms with Gasteiger partial charge >= 0.3 is 0 Å². The Kier molecular flexibility index (Phi) is 9.48. The number of amides is 1. The normalized spacial score (nSPS) is 18.0. The van der Waals surface area contributed by atoms with E-state index in [2.05, 4.69) is 96.6 Å². The molecule has 210 valence electrons. The number of carbonyl (C=O) groups is 1. The van der Waals surface area contributed by atoms with Crippen molar-refractivity contribution in [2.45, 2.75) is 82.2 Å². The molecule has 1 saturated heterocycles. The van der Waals surface area contributed by atoms with E-state index < -0.39 is 8.07 Å². The highest BCUT2D eigenvalue weighted by Crippen LogP contribution is 2.47. The molecule has 3 atom stereocenters. The van der Waals surface area contributed by atoms with Gasteiger partial charge in [0.05, 0.1) is 23.2 Å². The molecule has 0 bridgehead atoms. The third kappa shape index (κ3) is 7.85. The van der Waals surface area contributed by atoms with Crippen LogP contribution in [0, 0.1) is 0 Å². The van der Waals surface area contributed by atoms with Gasteiger partial charge in [0.1, 0.15) is 11.9 Å². The number of H-pyrrole nitrogens is 1. The van der Waals surface area contributed by atoms with Crippen LogP contribution in [0.1, 0.15) is 72.8 Å². The molecule has 2 aromatic carbocycles. The molecule has 39 heavy (non-hydrogen) atoms.